The molecular formula is C19H25N5O. The van der Waals surface area contributed by atoms with Crippen molar-refractivity contribution in [2.75, 3.05) is 26.2 Å². The normalized spacial score (nSPS) is 21.2. The van der Waals surface area contributed by atoms with E-state index in [1.54, 1.807) is 0 Å². The third kappa shape index (κ3) is 3.31. The van der Waals surface area contributed by atoms with Crippen LogP contribution in [0.4, 0.5) is 0 Å². The molecule has 1 fully saturated rings. The van der Waals surface area contributed by atoms with Gasteiger partial charge in [-0.05, 0) is 32.9 Å². The molecule has 0 unspecified atom stereocenters. The standard InChI is InChI=1S/C19H25N5O/c1-15-12-23(18(25)14-22-10-6-3-7-11-22)13-17-20-21-19(24(15)17)16-8-4-2-5-9-16/h2,4-5,8-9,15H,3,6-7,10-14H2,1H3/t15-/m0/s1. The fourth-order valence-corrected chi connectivity index (χ4v) is 3.91. The topological polar surface area (TPSA) is 54.3 Å². The molecule has 0 bridgehead atoms. The van der Waals surface area contributed by atoms with E-state index in [2.05, 4.69) is 38.7 Å². The van der Waals surface area contributed by atoms with Crippen LogP contribution in [0.1, 0.15) is 38.1 Å². The van der Waals surface area contributed by atoms with Gasteiger partial charge in [-0.15, -0.1) is 10.2 Å². The summed E-state index contributed by atoms with van der Waals surface area (Å²) in [7, 11) is 0. The van der Waals surface area contributed by atoms with Gasteiger partial charge in [0.15, 0.2) is 11.6 Å². The predicted molar refractivity (Wildman–Crippen MR) is 95.9 cm³/mol. The number of benzene rings is 1. The highest BCUT2D eigenvalue weighted by atomic mass is 16.2. The number of hydrogen-bond donors (Lipinski definition) is 0. The molecule has 2 aliphatic heterocycles. The van der Waals surface area contributed by atoms with Crippen molar-refractivity contribution in [1.29, 1.82) is 0 Å². The maximum Gasteiger partial charge on any atom is 0.237 e. The van der Waals surface area contributed by atoms with Gasteiger partial charge < -0.3 is 9.47 Å². The highest BCUT2D eigenvalue weighted by Gasteiger charge is 2.30. The molecule has 6 heteroatoms. The highest BCUT2D eigenvalue weighted by Crippen LogP contribution is 2.27. The van der Waals surface area contributed by atoms with E-state index in [9.17, 15) is 4.79 Å². The number of piperidine rings is 1. The van der Waals surface area contributed by atoms with Gasteiger partial charge in [-0.25, -0.2) is 0 Å². The van der Waals surface area contributed by atoms with Crippen LogP contribution in [-0.2, 0) is 11.3 Å². The fourth-order valence-electron chi connectivity index (χ4n) is 3.91. The van der Waals surface area contributed by atoms with E-state index in [4.69, 9.17) is 0 Å². The number of amides is 1. The monoisotopic (exact) mass is 339 g/mol. The Hall–Kier alpha value is -2.21. The first-order valence-electron chi connectivity index (χ1n) is 9.21. The summed E-state index contributed by atoms with van der Waals surface area (Å²) in [6.07, 6.45) is 3.70. The number of carbonyl (C=O) groups is 1. The van der Waals surface area contributed by atoms with Gasteiger partial charge in [-0.3, -0.25) is 9.69 Å². The summed E-state index contributed by atoms with van der Waals surface area (Å²) in [5.41, 5.74) is 1.07. The van der Waals surface area contributed by atoms with E-state index in [0.717, 1.165) is 36.8 Å². The summed E-state index contributed by atoms with van der Waals surface area (Å²) in [4.78, 5) is 17.0. The Morgan fingerprint density at radius 1 is 1.12 bits per heavy atom. The molecular weight excluding hydrogens is 314 g/mol. The van der Waals surface area contributed by atoms with E-state index in [1.807, 2.05) is 23.1 Å². The second-order valence-electron chi connectivity index (χ2n) is 7.14. The Bertz CT molecular complexity index is 736. The number of aromatic nitrogens is 3. The first-order valence-corrected chi connectivity index (χ1v) is 9.21. The Balaban J connectivity index is 1.50. The lowest BCUT2D eigenvalue weighted by molar-refractivity contribution is -0.134. The van der Waals surface area contributed by atoms with E-state index >= 15 is 0 Å². The zero-order valence-corrected chi connectivity index (χ0v) is 14.8. The maximum atomic E-state index is 12.7. The molecule has 132 valence electrons. The molecule has 1 aromatic heterocycles. The zero-order chi connectivity index (χ0) is 17.2. The summed E-state index contributed by atoms with van der Waals surface area (Å²) in [6, 6.07) is 10.3. The molecule has 0 N–H and O–H groups in total. The molecule has 1 atom stereocenters. The second kappa shape index (κ2) is 6.96. The Labute approximate surface area is 148 Å². The van der Waals surface area contributed by atoms with Crippen LogP contribution >= 0.6 is 0 Å². The molecule has 2 aliphatic rings. The molecule has 2 aromatic rings. The van der Waals surface area contributed by atoms with E-state index in [-0.39, 0.29) is 11.9 Å². The largest absolute Gasteiger partial charge is 0.332 e. The minimum Gasteiger partial charge on any atom is -0.332 e. The van der Waals surface area contributed by atoms with Gasteiger partial charge in [-0.2, -0.15) is 0 Å². The van der Waals surface area contributed by atoms with Crippen LogP contribution in [0.5, 0.6) is 0 Å². The Morgan fingerprint density at radius 3 is 2.64 bits per heavy atom. The molecule has 3 heterocycles. The minimum atomic E-state index is 0.180. The van der Waals surface area contributed by atoms with Gasteiger partial charge in [-0.1, -0.05) is 36.8 Å². The number of hydrogen-bond acceptors (Lipinski definition) is 4. The summed E-state index contributed by atoms with van der Waals surface area (Å²) in [5.74, 6) is 1.99. The van der Waals surface area contributed by atoms with Crippen molar-refractivity contribution in [3.63, 3.8) is 0 Å². The van der Waals surface area contributed by atoms with E-state index < -0.39 is 0 Å². The number of fused-ring (bicyclic) bond motifs is 1. The second-order valence-corrected chi connectivity index (χ2v) is 7.14. The van der Waals surface area contributed by atoms with Gasteiger partial charge in [0.05, 0.1) is 19.1 Å². The fraction of sp³-hybridized carbons (Fsp3) is 0.526. The van der Waals surface area contributed by atoms with Crippen LogP contribution in [0, 0.1) is 0 Å². The van der Waals surface area contributed by atoms with E-state index in [1.165, 1.54) is 19.3 Å². The molecule has 6 nitrogen and oxygen atoms in total. The van der Waals surface area contributed by atoms with Crippen molar-refractivity contribution in [1.82, 2.24) is 24.6 Å². The third-order valence-electron chi connectivity index (χ3n) is 5.22. The van der Waals surface area contributed by atoms with Crippen molar-refractivity contribution >= 4 is 5.91 Å². The average Bonchev–Trinajstić information content (AvgIpc) is 3.08. The summed E-state index contributed by atoms with van der Waals surface area (Å²) in [5, 5.41) is 8.76. The lowest BCUT2D eigenvalue weighted by atomic mass is 10.1. The van der Waals surface area contributed by atoms with Gasteiger partial charge in [0, 0.05) is 12.1 Å². The molecule has 0 radical (unpaired) electrons. The van der Waals surface area contributed by atoms with Crippen LogP contribution in [0.15, 0.2) is 30.3 Å². The van der Waals surface area contributed by atoms with Crippen LogP contribution in [-0.4, -0.2) is 56.7 Å². The van der Waals surface area contributed by atoms with Crippen LogP contribution in [0.3, 0.4) is 0 Å². The molecule has 4 rings (SSSR count). The lowest BCUT2D eigenvalue weighted by Gasteiger charge is -2.34. The quantitative estimate of drug-likeness (QED) is 0.861. The van der Waals surface area contributed by atoms with Crippen molar-refractivity contribution in [3.05, 3.63) is 36.2 Å². The molecule has 1 amide bonds. The first-order chi connectivity index (χ1) is 12.2. The van der Waals surface area contributed by atoms with Crippen LogP contribution < -0.4 is 0 Å². The van der Waals surface area contributed by atoms with Gasteiger partial charge >= 0.3 is 0 Å². The number of likely N-dealkylation sites (tertiary alicyclic amines) is 1. The number of carbonyl (C=O) groups excluding carboxylic acids is 1. The summed E-state index contributed by atoms with van der Waals surface area (Å²) in [6.45, 7) is 6.04. The number of rotatable bonds is 3. The maximum absolute atomic E-state index is 12.7. The van der Waals surface area contributed by atoms with Crippen molar-refractivity contribution < 1.29 is 4.79 Å². The van der Waals surface area contributed by atoms with Gasteiger partial charge in [0.1, 0.15) is 0 Å². The van der Waals surface area contributed by atoms with Gasteiger partial charge in [0.2, 0.25) is 5.91 Å². The molecule has 25 heavy (non-hydrogen) atoms. The number of nitrogens with zero attached hydrogens (tertiary/aromatic N) is 5. The molecule has 1 aromatic carbocycles. The third-order valence-corrected chi connectivity index (χ3v) is 5.22. The highest BCUT2D eigenvalue weighted by molar-refractivity contribution is 5.78. The Morgan fingerprint density at radius 2 is 1.88 bits per heavy atom. The lowest BCUT2D eigenvalue weighted by Crippen LogP contribution is -2.46. The molecule has 0 aliphatic carbocycles. The smallest absolute Gasteiger partial charge is 0.237 e. The molecule has 0 spiro atoms. The van der Waals surface area contributed by atoms with Crippen LogP contribution in [0.2, 0.25) is 0 Å². The van der Waals surface area contributed by atoms with Crippen molar-refractivity contribution in [3.8, 4) is 11.4 Å². The van der Waals surface area contributed by atoms with Crippen LogP contribution in [0.25, 0.3) is 11.4 Å². The molecule has 1 saturated heterocycles. The van der Waals surface area contributed by atoms with Crippen molar-refractivity contribution in [2.24, 2.45) is 0 Å². The Kier molecular flexibility index (Phi) is 4.53. The first kappa shape index (κ1) is 16.3. The van der Waals surface area contributed by atoms with Gasteiger partial charge in [0.25, 0.3) is 0 Å². The zero-order valence-electron chi connectivity index (χ0n) is 14.8. The minimum absolute atomic E-state index is 0.180. The summed E-state index contributed by atoms with van der Waals surface area (Å²) < 4.78 is 2.18. The van der Waals surface area contributed by atoms with E-state index in [0.29, 0.717) is 13.1 Å². The molecule has 0 saturated carbocycles. The predicted octanol–water partition coefficient (Wildman–Crippen LogP) is 2.33. The average molecular weight is 339 g/mol. The SMILES string of the molecule is C[C@H]1CN(C(=O)CN2CCCCC2)Cc2nnc(-c3ccccc3)n21. The van der Waals surface area contributed by atoms with Crippen molar-refractivity contribution in [2.45, 2.75) is 38.8 Å². The summed E-state index contributed by atoms with van der Waals surface area (Å²) >= 11 is 0.